The summed E-state index contributed by atoms with van der Waals surface area (Å²) in [6, 6.07) is 11.7. The minimum atomic E-state index is -3.60. The van der Waals surface area contributed by atoms with Crippen LogP contribution >= 0.6 is 15.9 Å². The van der Waals surface area contributed by atoms with Crippen LogP contribution in [0.3, 0.4) is 0 Å². The molecule has 0 unspecified atom stereocenters. The first kappa shape index (κ1) is 13.9. The molecule has 0 radical (unpaired) electrons. The molecule has 0 atom stereocenters. The van der Waals surface area contributed by atoms with Gasteiger partial charge in [-0.2, -0.15) is 0 Å². The number of nitrogens with two attached hydrogens (primary N) is 1. The molecule has 0 aliphatic heterocycles. The fraction of sp³-hybridized carbons (Fsp3) is 0.0769. The average molecular weight is 341 g/mol. The van der Waals surface area contributed by atoms with E-state index in [0.717, 1.165) is 4.47 Å². The third kappa shape index (κ3) is 3.27. The molecule has 0 amide bonds. The van der Waals surface area contributed by atoms with E-state index in [-0.39, 0.29) is 4.90 Å². The summed E-state index contributed by atoms with van der Waals surface area (Å²) >= 11 is 3.27. The second kappa shape index (κ2) is 5.22. The third-order valence-electron chi connectivity index (χ3n) is 2.60. The molecule has 100 valence electrons. The molecular formula is C13H13BrN2O2S. The van der Waals surface area contributed by atoms with Gasteiger partial charge >= 0.3 is 0 Å². The second-order valence-corrected chi connectivity index (χ2v) is 6.70. The van der Waals surface area contributed by atoms with E-state index >= 15 is 0 Å². The van der Waals surface area contributed by atoms with Crippen molar-refractivity contribution in [3.8, 4) is 0 Å². The molecule has 0 heterocycles. The molecule has 0 bridgehead atoms. The summed E-state index contributed by atoms with van der Waals surface area (Å²) in [5, 5.41) is 0. The Labute approximate surface area is 120 Å². The molecule has 3 N–H and O–H groups in total. The van der Waals surface area contributed by atoms with E-state index in [0.29, 0.717) is 16.9 Å². The Hall–Kier alpha value is -1.53. The quantitative estimate of drug-likeness (QED) is 0.843. The van der Waals surface area contributed by atoms with Crippen LogP contribution in [0.5, 0.6) is 0 Å². The van der Waals surface area contributed by atoms with Crippen molar-refractivity contribution in [1.29, 1.82) is 0 Å². The van der Waals surface area contributed by atoms with E-state index < -0.39 is 10.0 Å². The summed E-state index contributed by atoms with van der Waals surface area (Å²) in [6.45, 7) is 1.75. The molecule has 0 saturated heterocycles. The Morgan fingerprint density at radius 1 is 1.11 bits per heavy atom. The molecule has 2 aromatic rings. The fourth-order valence-corrected chi connectivity index (χ4v) is 3.47. The smallest absolute Gasteiger partial charge is 0.262 e. The molecule has 0 aromatic heterocycles. The molecular weight excluding hydrogens is 328 g/mol. The van der Waals surface area contributed by atoms with Gasteiger partial charge in [0.15, 0.2) is 0 Å². The normalized spacial score (nSPS) is 11.3. The molecule has 0 spiro atoms. The molecule has 2 rings (SSSR count). The molecule has 0 fully saturated rings. The van der Waals surface area contributed by atoms with Gasteiger partial charge < -0.3 is 5.73 Å². The fourth-order valence-electron chi connectivity index (χ4n) is 1.62. The number of rotatable bonds is 3. The lowest BCUT2D eigenvalue weighted by Crippen LogP contribution is -2.14. The van der Waals surface area contributed by atoms with E-state index in [1.165, 1.54) is 0 Å². The van der Waals surface area contributed by atoms with E-state index in [4.69, 9.17) is 5.73 Å². The lowest BCUT2D eigenvalue weighted by Gasteiger charge is -2.11. The van der Waals surface area contributed by atoms with Crippen molar-refractivity contribution in [2.45, 2.75) is 11.8 Å². The zero-order chi connectivity index (χ0) is 14.0. The van der Waals surface area contributed by atoms with Gasteiger partial charge in [0.1, 0.15) is 0 Å². The topological polar surface area (TPSA) is 72.2 Å². The summed E-state index contributed by atoms with van der Waals surface area (Å²) in [7, 11) is -3.60. The van der Waals surface area contributed by atoms with Gasteiger partial charge in [-0.25, -0.2) is 8.42 Å². The largest absolute Gasteiger partial charge is 0.399 e. The molecule has 0 aliphatic carbocycles. The number of halogens is 1. The van der Waals surface area contributed by atoms with Crippen LogP contribution in [0.25, 0.3) is 0 Å². The Morgan fingerprint density at radius 2 is 1.74 bits per heavy atom. The lowest BCUT2D eigenvalue weighted by atomic mass is 10.2. The van der Waals surface area contributed by atoms with Gasteiger partial charge in [-0.3, -0.25) is 4.72 Å². The van der Waals surface area contributed by atoms with Crippen molar-refractivity contribution in [3.05, 3.63) is 52.5 Å². The minimum Gasteiger partial charge on any atom is -0.399 e. The Balaban J connectivity index is 2.37. The zero-order valence-electron chi connectivity index (χ0n) is 10.2. The minimum absolute atomic E-state index is 0.249. The van der Waals surface area contributed by atoms with Crippen LogP contribution in [0.4, 0.5) is 11.4 Å². The maximum Gasteiger partial charge on any atom is 0.262 e. The number of sulfonamides is 1. The first-order chi connectivity index (χ1) is 8.88. The highest BCUT2D eigenvalue weighted by Crippen LogP contribution is 2.23. The van der Waals surface area contributed by atoms with Crippen molar-refractivity contribution >= 4 is 37.3 Å². The monoisotopic (exact) mass is 340 g/mol. The van der Waals surface area contributed by atoms with E-state index in [9.17, 15) is 8.42 Å². The highest BCUT2D eigenvalue weighted by molar-refractivity contribution is 9.10. The van der Waals surface area contributed by atoms with Crippen LogP contribution < -0.4 is 10.5 Å². The average Bonchev–Trinajstić information content (AvgIpc) is 2.35. The van der Waals surface area contributed by atoms with Gasteiger partial charge in [0, 0.05) is 15.8 Å². The first-order valence-corrected chi connectivity index (χ1v) is 7.80. The summed E-state index contributed by atoms with van der Waals surface area (Å²) in [5.41, 5.74) is 7.31. The molecule has 4 nitrogen and oxygen atoms in total. The maximum absolute atomic E-state index is 12.3. The standard InChI is InChI=1S/C13H13BrN2O2S/c1-9-2-3-10(14)8-13(9)19(17,18)16-12-6-4-11(15)5-7-12/h2-8,16H,15H2,1H3. The predicted molar refractivity (Wildman–Crippen MR) is 80.5 cm³/mol. The summed E-state index contributed by atoms with van der Waals surface area (Å²) in [6.07, 6.45) is 0. The van der Waals surface area contributed by atoms with Crippen molar-refractivity contribution in [3.63, 3.8) is 0 Å². The number of nitrogen functional groups attached to an aromatic ring is 1. The van der Waals surface area contributed by atoms with Crippen LogP contribution in [-0.4, -0.2) is 8.42 Å². The SMILES string of the molecule is Cc1ccc(Br)cc1S(=O)(=O)Nc1ccc(N)cc1. The van der Waals surface area contributed by atoms with Crippen molar-refractivity contribution in [2.24, 2.45) is 0 Å². The third-order valence-corrected chi connectivity index (χ3v) is 4.62. The summed E-state index contributed by atoms with van der Waals surface area (Å²) in [5.74, 6) is 0. The maximum atomic E-state index is 12.3. The molecule has 0 aliphatic rings. The Morgan fingerprint density at radius 3 is 2.37 bits per heavy atom. The second-order valence-electron chi connectivity index (χ2n) is 4.14. The van der Waals surface area contributed by atoms with Gasteiger partial charge in [-0.05, 0) is 48.9 Å². The van der Waals surface area contributed by atoms with Gasteiger partial charge in [-0.1, -0.05) is 22.0 Å². The summed E-state index contributed by atoms with van der Waals surface area (Å²) < 4.78 is 27.8. The van der Waals surface area contributed by atoms with Gasteiger partial charge in [0.05, 0.1) is 4.90 Å². The van der Waals surface area contributed by atoms with Crippen molar-refractivity contribution < 1.29 is 8.42 Å². The Kier molecular flexibility index (Phi) is 3.82. The van der Waals surface area contributed by atoms with Crippen molar-refractivity contribution in [2.75, 3.05) is 10.5 Å². The number of benzene rings is 2. The molecule has 0 saturated carbocycles. The van der Waals surface area contributed by atoms with Crippen LogP contribution in [0.15, 0.2) is 51.8 Å². The predicted octanol–water partition coefficient (Wildman–Crippen LogP) is 3.14. The van der Waals surface area contributed by atoms with E-state index in [1.54, 1.807) is 49.4 Å². The van der Waals surface area contributed by atoms with E-state index in [1.807, 2.05) is 0 Å². The van der Waals surface area contributed by atoms with Crippen molar-refractivity contribution in [1.82, 2.24) is 0 Å². The van der Waals surface area contributed by atoms with Gasteiger partial charge in [0.2, 0.25) is 0 Å². The molecule has 6 heteroatoms. The van der Waals surface area contributed by atoms with Gasteiger partial charge in [-0.15, -0.1) is 0 Å². The number of hydrogen-bond donors (Lipinski definition) is 2. The van der Waals surface area contributed by atoms with Crippen LogP contribution in [0.2, 0.25) is 0 Å². The molecule has 19 heavy (non-hydrogen) atoms. The van der Waals surface area contributed by atoms with Crippen LogP contribution in [0.1, 0.15) is 5.56 Å². The van der Waals surface area contributed by atoms with Crippen LogP contribution in [0, 0.1) is 6.92 Å². The Bertz CT molecular complexity index is 697. The highest BCUT2D eigenvalue weighted by Gasteiger charge is 2.17. The number of aryl methyl sites for hydroxylation is 1. The highest BCUT2D eigenvalue weighted by atomic mass is 79.9. The lowest BCUT2D eigenvalue weighted by molar-refractivity contribution is 0.600. The first-order valence-electron chi connectivity index (χ1n) is 5.53. The number of anilines is 2. The van der Waals surface area contributed by atoms with Crippen LogP contribution in [-0.2, 0) is 10.0 Å². The number of nitrogens with one attached hydrogen (secondary N) is 1. The van der Waals surface area contributed by atoms with Gasteiger partial charge in [0.25, 0.3) is 10.0 Å². The van der Waals surface area contributed by atoms with E-state index in [2.05, 4.69) is 20.7 Å². The summed E-state index contributed by atoms with van der Waals surface area (Å²) in [4.78, 5) is 0.249. The zero-order valence-corrected chi connectivity index (χ0v) is 12.6. The number of hydrogen-bond acceptors (Lipinski definition) is 3. The molecule has 2 aromatic carbocycles.